The van der Waals surface area contributed by atoms with Crippen molar-refractivity contribution in [3.05, 3.63) is 75.3 Å². The number of Topliss-reactive ketones (excluding diaryl/α,β-unsaturated/α-hetero) is 2. The normalized spacial score (nSPS) is 18.0. The lowest BCUT2D eigenvalue weighted by Gasteiger charge is -2.23. The number of nitrogens with zero attached hydrogens (tertiary/aromatic N) is 2. The highest BCUT2D eigenvalue weighted by Gasteiger charge is 2.48. The minimum Gasteiger partial charge on any atom is -0.507 e. The predicted octanol–water partition coefficient (Wildman–Crippen LogP) is 3.84. The molecule has 0 spiro atoms. The fraction of sp³-hybridized carbons (Fsp3) is 0.222. The van der Waals surface area contributed by atoms with Gasteiger partial charge < -0.3 is 19.3 Å². The van der Waals surface area contributed by atoms with E-state index in [9.17, 15) is 24.3 Å². The summed E-state index contributed by atoms with van der Waals surface area (Å²) in [6.07, 6.45) is 0. The summed E-state index contributed by atoms with van der Waals surface area (Å²) < 4.78 is 15.9. The van der Waals surface area contributed by atoms with Gasteiger partial charge in [-0.05, 0) is 42.8 Å². The zero-order chi connectivity index (χ0) is 27.1. The standard InChI is InChI=1S/C27H22N2O8S/c1-13-24(14(2)30)38-27(28-13)29-21(15-4-6-16(7-5-15)26(34)35-3)20(23(32)25(29)33)22(31)17-8-9-18-19(12-17)37-11-10-36-18/h4-9,12,21,31H,10-11H2,1-3H3/t21-/m0/s1. The molecule has 1 N–H and O–H groups in total. The molecule has 1 fully saturated rings. The van der Waals surface area contributed by atoms with E-state index >= 15 is 0 Å². The SMILES string of the molecule is COC(=O)c1ccc([C@H]2C(=C(O)c3ccc4c(c3)OCCO4)C(=O)C(=O)N2c2nc(C)c(C(C)=O)s2)cc1. The van der Waals surface area contributed by atoms with Gasteiger partial charge in [0.1, 0.15) is 19.0 Å². The Labute approximate surface area is 221 Å². The molecule has 0 radical (unpaired) electrons. The number of amides is 1. The average Bonchev–Trinajstić information content (AvgIpc) is 3.44. The van der Waals surface area contributed by atoms with E-state index in [0.29, 0.717) is 40.8 Å². The first-order chi connectivity index (χ1) is 18.2. The molecule has 194 valence electrons. The molecule has 0 saturated carbocycles. The molecule has 0 bridgehead atoms. The number of carbonyl (C=O) groups excluding carboxylic acids is 4. The number of aromatic nitrogens is 1. The molecule has 11 heteroatoms. The van der Waals surface area contributed by atoms with Gasteiger partial charge in [0.15, 0.2) is 22.4 Å². The Morgan fingerprint density at radius 1 is 1.05 bits per heavy atom. The maximum absolute atomic E-state index is 13.4. The summed E-state index contributed by atoms with van der Waals surface area (Å²) in [4.78, 5) is 56.7. The summed E-state index contributed by atoms with van der Waals surface area (Å²) in [5, 5.41) is 11.5. The second-order valence-corrected chi connectivity index (χ2v) is 9.59. The first kappa shape index (κ1) is 25.2. The van der Waals surface area contributed by atoms with Gasteiger partial charge in [-0.15, -0.1) is 0 Å². The largest absolute Gasteiger partial charge is 0.507 e. The van der Waals surface area contributed by atoms with Gasteiger partial charge >= 0.3 is 11.9 Å². The molecule has 0 unspecified atom stereocenters. The number of fused-ring (bicyclic) bond motifs is 1. The van der Waals surface area contributed by atoms with E-state index in [2.05, 4.69) is 4.98 Å². The number of ketones is 2. The summed E-state index contributed by atoms with van der Waals surface area (Å²) in [5.41, 5.74) is 1.21. The summed E-state index contributed by atoms with van der Waals surface area (Å²) in [6.45, 7) is 3.75. The van der Waals surface area contributed by atoms with Gasteiger partial charge in [0.2, 0.25) is 0 Å². The van der Waals surface area contributed by atoms with Crippen LogP contribution in [0.4, 0.5) is 5.13 Å². The van der Waals surface area contributed by atoms with Crippen LogP contribution < -0.4 is 14.4 Å². The molecule has 1 aromatic heterocycles. The van der Waals surface area contributed by atoms with Crippen molar-refractivity contribution in [2.75, 3.05) is 25.2 Å². The number of esters is 1. The number of aryl methyl sites for hydroxylation is 1. The minimum absolute atomic E-state index is 0.137. The van der Waals surface area contributed by atoms with Crippen LogP contribution in [-0.2, 0) is 14.3 Å². The molecular formula is C27H22N2O8S. The molecule has 2 aliphatic rings. The van der Waals surface area contributed by atoms with E-state index in [1.807, 2.05) is 0 Å². The average molecular weight is 535 g/mol. The van der Waals surface area contributed by atoms with Crippen LogP contribution in [0, 0.1) is 6.92 Å². The smallest absolute Gasteiger partial charge is 0.337 e. The highest BCUT2D eigenvalue weighted by atomic mass is 32.1. The molecular weight excluding hydrogens is 512 g/mol. The Bertz CT molecular complexity index is 1520. The Morgan fingerprint density at radius 3 is 2.34 bits per heavy atom. The number of aliphatic hydroxyl groups excluding tert-OH is 1. The molecule has 10 nitrogen and oxygen atoms in total. The van der Waals surface area contributed by atoms with Crippen LogP contribution >= 0.6 is 11.3 Å². The van der Waals surface area contributed by atoms with Crippen LogP contribution in [-0.4, -0.2) is 53.9 Å². The van der Waals surface area contributed by atoms with Crippen molar-refractivity contribution in [3.63, 3.8) is 0 Å². The fourth-order valence-corrected chi connectivity index (χ4v) is 5.41. The van der Waals surface area contributed by atoms with Gasteiger partial charge in [0.25, 0.3) is 5.78 Å². The Morgan fingerprint density at radius 2 is 1.71 bits per heavy atom. The summed E-state index contributed by atoms with van der Waals surface area (Å²) in [5.74, 6) is -2.12. The van der Waals surface area contributed by atoms with Crippen molar-refractivity contribution in [1.29, 1.82) is 0 Å². The van der Waals surface area contributed by atoms with Crippen LogP contribution in [0.5, 0.6) is 11.5 Å². The van der Waals surface area contributed by atoms with Crippen molar-refractivity contribution in [1.82, 2.24) is 4.98 Å². The summed E-state index contributed by atoms with van der Waals surface area (Å²) in [6, 6.07) is 9.77. The van der Waals surface area contributed by atoms with Gasteiger partial charge in [0.05, 0.1) is 34.9 Å². The van der Waals surface area contributed by atoms with Gasteiger partial charge in [-0.2, -0.15) is 0 Å². The molecule has 1 amide bonds. The third-order valence-electron chi connectivity index (χ3n) is 6.22. The topological polar surface area (TPSA) is 132 Å². The monoisotopic (exact) mass is 534 g/mol. The first-order valence-electron chi connectivity index (χ1n) is 11.6. The van der Waals surface area contributed by atoms with Crippen molar-refractivity contribution in [2.45, 2.75) is 19.9 Å². The van der Waals surface area contributed by atoms with Crippen LogP contribution in [0.3, 0.4) is 0 Å². The lowest BCUT2D eigenvalue weighted by Crippen LogP contribution is -2.29. The van der Waals surface area contributed by atoms with Gasteiger partial charge in [0, 0.05) is 12.5 Å². The lowest BCUT2D eigenvalue weighted by molar-refractivity contribution is -0.132. The number of anilines is 1. The van der Waals surface area contributed by atoms with E-state index in [0.717, 1.165) is 11.3 Å². The number of aliphatic hydroxyl groups is 1. The van der Waals surface area contributed by atoms with Gasteiger partial charge in [-0.25, -0.2) is 9.78 Å². The maximum atomic E-state index is 13.4. The van der Waals surface area contributed by atoms with E-state index in [1.165, 1.54) is 37.1 Å². The molecule has 1 saturated heterocycles. The zero-order valence-corrected chi connectivity index (χ0v) is 21.5. The number of hydrogen-bond donors (Lipinski definition) is 1. The van der Waals surface area contributed by atoms with E-state index in [4.69, 9.17) is 14.2 Å². The Hall–Kier alpha value is -4.51. The quantitative estimate of drug-likeness (QED) is 0.170. The number of benzene rings is 2. The number of thiazole rings is 1. The second-order valence-electron chi connectivity index (χ2n) is 8.61. The molecule has 2 aliphatic heterocycles. The predicted molar refractivity (Wildman–Crippen MR) is 137 cm³/mol. The maximum Gasteiger partial charge on any atom is 0.337 e. The molecule has 1 atom stereocenters. The molecule has 3 heterocycles. The van der Waals surface area contributed by atoms with Gasteiger partial charge in [-0.1, -0.05) is 23.5 Å². The van der Waals surface area contributed by atoms with Crippen LogP contribution in [0.25, 0.3) is 5.76 Å². The molecule has 38 heavy (non-hydrogen) atoms. The molecule has 5 rings (SSSR count). The Kier molecular flexibility index (Phi) is 6.45. The van der Waals surface area contributed by atoms with Crippen molar-refractivity contribution < 1.29 is 38.5 Å². The van der Waals surface area contributed by atoms with Crippen molar-refractivity contribution in [3.8, 4) is 11.5 Å². The van der Waals surface area contributed by atoms with Crippen LogP contribution in [0.15, 0.2) is 48.0 Å². The minimum atomic E-state index is -1.08. The molecule has 0 aliphatic carbocycles. The third-order valence-corrected chi connectivity index (χ3v) is 7.48. The van der Waals surface area contributed by atoms with Gasteiger partial charge in [-0.3, -0.25) is 19.3 Å². The third kappa shape index (κ3) is 4.20. The van der Waals surface area contributed by atoms with E-state index < -0.39 is 29.5 Å². The van der Waals surface area contributed by atoms with Crippen LogP contribution in [0.1, 0.15) is 49.8 Å². The van der Waals surface area contributed by atoms with Crippen molar-refractivity contribution >= 4 is 45.7 Å². The number of rotatable bonds is 5. The first-order valence-corrected chi connectivity index (χ1v) is 12.4. The number of carbonyl (C=O) groups is 4. The molecule has 2 aromatic carbocycles. The highest BCUT2D eigenvalue weighted by Crippen LogP contribution is 2.44. The number of methoxy groups -OCH3 is 1. The lowest BCUT2D eigenvalue weighted by atomic mass is 9.94. The van der Waals surface area contributed by atoms with Crippen molar-refractivity contribution in [2.24, 2.45) is 0 Å². The molecule has 3 aromatic rings. The fourth-order valence-electron chi connectivity index (χ4n) is 4.42. The number of hydrogen-bond acceptors (Lipinski definition) is 10. The van der Waals surface area contributed by atoms with Crippen LogP contribution in [0.2, 0.25) is 0 Å². The van der Waals surface area contributed by atoms with E-state index in [1.54, 1.807) is 31.2 Å². The van der Waals surface area contributed by atoms with E-state index in [-0.39, 0.29) is 27.6 Å². The second kappa shape index (κ2) is 9.75. The number of ether oxygens (including phenoxy) is 3. The summed E-state index contributed by atoms with van der Waals surface area (Å²) in [7, 11) is 1.26. The Balaban J connectivity index is 1.68. The zero-order valence-electron chi connectivity index (χ0n) is 20.6. The summed E-state index contributed by atoms with van der Waals surface area (Å²) >= 11 is 0.986. The highest BCUT2D eigenvalue weighted by molar-refractivity contribution is 7.18.